The Morgan fingerprint density at radius 2 is 1.91 bits per heavy atom. The molecule has 0 bridgehead atoms. The van der Waals surface area contributed by atoms with Crippen LogP contribution in [0.15, 0.2) is 34.9 Å². The molecule has 0 aromatic carbocycles. The lowest BCUT2D eigenvalue weighted by Crippen LogP contribution is -2.47. The van der Waals surface area contributed by atoms with Gasteiger partial charge < -0.3 is 9.80 Å². The molecular formula is C15H13BrFN5. The maximum absolute atomic E-state index is 14.0. The Balaban J connectivity index is 1.71. The fourth-order valence-electron chi connectivity index (χ4n) is 2.45. The van der Waals surface area contributed by atoms with E-state index in [1.54, 1.807) is 12.3 Å². The minimum atomic E-state index is -0.326. The van der Waals surface area contributed by atoms with Crippen molar-refractivity contribution in [2.45, 2.75) is 0 Å². The number of hydrogen-bond donors (Lipinski definition) is 0. The number of anilines is 2. The van der Waals surface area contributed by atoms with E-state index in [0.717, 1.165) is 5.82 Å². The number of pyridine rings is 2. The van der Waals surface area contributed by atoms with Crippen molar-refractivity contribution < 1.29 is 4.39 Å². The number of rotatable bonds is 2. The first-order valence-electron chi connectivity index (χ1n) is 6.85. The van der Waals surface area contributed by atoms with Gasteiger partial charge in [-0.1, -0.05) is 6.07 Å². The quantitative estimate of drug-likeness (QED) is 0.822. The molecule has 2 aromatic heterocycles. The molecule has 0 saturated carbocycles. The summed E-state index contributed by atoms with van der Waals surface area (Å²) in [7, 11) is 0. The van der Waals surface area contributed by atoms with Crippen LogP contribution < -0.4 is 9.80 Å². The molecule has 0 unspecified atom stereocenters. The lowest BCUT2D eigenvalue weighted by molar-refractivity contribution is 0.586. The Morgan fingerprint density at radius 3 is 2.59 bits per heavy atom. The third-order valence-corrected chi connectivity index (χ3v) is 3.97. The van der Waals surface area contributed by atoms with E-state index in [4.69, 9.17) is 5.26 Å². The van der Waals surface area contributed by atoms with Gasteiger partial charge in [-0.25, -0.2) is 14.4 Å². The van der Waals surface area contributed by atoms with E-state index in [0.29, 0.717) is 42.2 Å². The zero-order valence-electron chi connectivity index (χ0n) is 11.7. The van der Waals surface area contributed by atoms with Gasteiger partial charge in [-0.05, 0) is 34.1 Å². The predicted octanol–water partition coefficient (Wildman–Crippen LogP) is 2.58. The van der Waals surface area contributed by atoms with Gasteiger partial charge in [0.2, 0.25) is 0 Å². The molecule has 0 N–H and O–H groups in total. The zero-order chi connectivity index (χ0) is 15.5. The number of nitrogens with zero attached hydrogens (tertiary/aromatic N) is 5. The highest BCUT2D eigenvalue weighted by Crippen LogP contribution is 2.22. The van der Waals surface area contributed by atoms with Gasteiger partial charge in [0.1, 0.15) is 17.6 Å². The molecule has 0 aliphatic carbocycles. The van der Waals surface area contributed by atoms with Gasteiger partial charge in [-0.3, -0.25) is 0 Å². The summed E-state index contributed by atoms with van der Waals surface area (Å²) in [4.78, 5) is 12.5. The minimum Gasteiger partial charge on any atom is -0.353 e. The highest BCUT2D eigenvalue weighted by molar-refractivity contribution is 9.10. The van der Waals surface area contributed by atoms with Crippen molar-refractivity contribution in [3.8, 4) is 6.07 Å². The molecule has 5 nitrogen and oxygen atoms in total. The van der Waals surface area contributed by atoms with Crippen LogP contribution in [-0.2, 0) is 0 Å². The average molecular weight is 362 g/mol. The van der Waals surface area contributed by atoms with Crippen LogP contribution in [0.5, 0.6) is 0 Å². The summed E-state index contributed by atoms with van der Waals surface area (Å²) < 4.78 is 14.6. The van der Waals surface area contributed by atoms with Gasteiger partial charge in [0, 0.05) is 36.8 Å². The van der Waals surface area contributed by atoms with Crippen LogP contribution in [0.3, 0.4) is 0 Å². The van der Waals surface area contributed by atoms with Crippen LogP contribution in [0, 0.1) is 17.1 Å². The van der Waals surface area contributed by atoms with E-state index in [-0.39, 0.29) is 5.82 Å². The molecule has 0 atom stereocenters. The zero-order valence-corrected chi connectivity index (χ0v) is 13.3. The van der Waals surface area contributed by atoms with Crippen molar-refractivity contribution in [3.63, 3.8) is 0 Å². The van der Waals surface area contributed by atoms with Crippen molar-refractivity contribution in [2.75, 3.05) is 36.0 Å². The van der Waals surface area contributed by atoms with Crippen LogP contribution >= 0.6 is 15.9 Å². The molecule has 2 aromatic rings. The maximum atomic E-state index is 14.0. The van der Waals surface area contributed by atoms with Crippen LogP contribution in [0.2, 0.25) is 0 Å². The second kappa shape index (κ2) is 6.28. The Kier molecular flexibility index (Phi) is 4.20. The average Bonchev–Trinajstić information content (AvgIpc) is 2.55. The Bertz CT molecular complexity index is 722. The van der Waals surface area contributed by atoms with E-state index < -0.39 is 0 Å². The van der Waals surface area contributed by atoms with Crippen molar-refractivity contribution in [3.05, 3.63) is 46.4 Å². The van der Waals surface area contributed by atoms with Crippen molar-refractivity contribution >= 4 is 27.6 Å². The lowest BCUT2D eigenvalue weighted by atomic mass is 10.2. The Morgan fingerprint density at radius 1 is 1.18 bits per heavy atom. The number of aromatic nitrogens is 2. The van der Waals surface area contributed by atoms with Crippen molar-refractivity contribution in [2.24, 2.45) is 0 Å². The summed E-state index contributed by atoms with van der Waals surface area (Å²) in [5.74, 6) is 0.831. The summed E-state index contributed by atoms with van der Waals surface area (Å²) in [6.07, 6.45) is 1.60. The number of halogens is 2. The largest absolute Gasteiger partial charge is 0.353 e. The number of piperazine rings is 1. The third-order valence-electron chi connectivity index (χ3n) is 3.54. The summed E-state index contributed by atoms with van der Waals surface area (Å²) in [5, 5.41) is 8.91. The molecule has 0 spiro atoms. The van der Waals surface area contributed by atoms with Crippen LogP contribution in [0.25, 0.3) is 0 Å². The number of hydrogen-bond acceptors (Lipinski definition) is 5. The molecule has 0 amide bonds. The molecule has 0 radical (unpaired) electrons. The summed E-state index contributed by atoms with van der Waals surface area (Å²) in [6, 6.07) is 8.85. The highest BCUT2D eigenvalue weighted by Gasteiger charge is 2.21. The molecular weight excluding hydrogens is 349 g/mol. The van der Waals surface area contributed by atoms with E-state index in [2.05, 4.69) is 30.8 Å². The van der Waals surface area contributed by atoms with Gasteiger partial charge >= 0.3 is 0 Å². The highest BCUT2D eigenvalue weighted by atomic mass is 79.9. The molecule has 1 aliphatic rings. The molecule has 112 valence electrons. The fourth-order valence-corrected chi connectivity index (χ4v) is 2.75. The molecule has 1 saturated heterocycles. The van der Waals surface area contributed by atoms with Gasteiger partial charge in [0.05, 0.1) is 0 Å². The van der Waals surface area contributed by atoms with Crippen molar-refractivity contribution in [1.29, 1.82) is 5.26 Å². The number of nitriles is 1. The van der Waals surface area contributed by atoms with Crippen LogP contribution in [0.1, 0.15) is 5.69 Å². The summed E-state index contributed by atoms with van der Waals surface area (Å²) in [5.41, 5.74) is 0.403. The second-order valence-corrected chi connectivity index (χ2v) is 5.84. The van der Waals surface area contributed by atoms with E-state index in [1.165, 1.54) is 6.07 Å². The van der Waals surface area contributed by atoms with Gasteiger partial charge in [-0.15, -0.1) is 0 Å². The van der Waals surface area contributed by atoms with Gasteiger partial charge in [0.15, 0.2) is 11.6 Å². The van der Waals surface area contributed by atoms with Gasteiger partial charge in [-0.2, -0.15) is 5.26 Å². The topological polar surface area (TPSA) is 56.1 Å². The standard InChI is InChI=1S/C15H13BrFN5/c16-11-8-13(17)15(19-10-11)22-6-4-21(5-7-22)14-3-1-2-12(9-18)20-14/h1-3,8,10H,4-7H2. The normalized spacial score (nSPS) is 14.8. The smallest absolute Gasteiger partial charge is 0.166 e. The van der Waals surface area contributed by atoms with Crippen molar-refractivity contribution in [1.82, 2.24) is 9.97 Å². The Labute approximate surface area is 136 Å². The molecule has 1 aliphatic heterocycles. The molecule has 3 rings (SSSR count). The first-order chi connectivity index (χ1) is 10.7. The van der Waals surface area contributed by atoms with E-state index in [1.807, 2.05) is 23.1 Å². The lowest BCUT2D eigenvalue weighted by Gasteiger charge is -2.36. The monoisotopic (exact) mass is 361 g/mol. The van der Waals surface area contributed by atoms with Gasteiger partial charge in [0.25, 0.3) is 0 Å². The molecule has 3 heterocycles. The van der Waals surface area contributed by atoms with E-state index in [9.17, 15) is 4.39 Å². The predicted molar refractivity (Wildman–Crippen MR) is 85.3 cm³/mol. The minimum absolute atomic E-state index is 0.326. The van der Waals surface area contributed by atoms with E-state index >= 15 is 0 Å². The Hall–Kier alpha value is -2.20. The fraction of sp³-hybridized carbons (Fsp3) is 0.267. The van der Waals surface area contributed by atoms with Crippen LogP contribution in [-0.4, -0.2) is 36.1 Å². The summed E-state index contributed by atoms with van der Waals surface area (Å²) in [6.45, 7) is 2.73. The third kappa shape index (κ3) is 3.02. The SMILES string of the molecule is N#Cc1cccc(N2CCN(c3ncc(Br)cc3F)CC2)n1. The second-order valence-electron chi connectivity index (χ2n) is 4.93. The van der Waals surface area contributed by atoms with Crippen LogP contribution in [0.4, 0.5) is 16.0 Å². The summed E-state index contributed by atoms with van der Waals surface area (Å²) >= 11 is 3.21. The first-order valence-corrected chi connectivity index (χ1v) is 7.65. The molecule has 22 heavy (non-hydrogen) atoms. The first kappa shape index (κ1) is 14.7. The molecule has 1 fully saturated rings. The molecule has 7 heteroatoms. The maximum Gasteiger partial charge on any atom is 0.166 e.